The Kier molecular flexibility index (Phi) is 10.7. The molecule has 324 valence electrons. The summed E-state index contributed by atoms with van der Waals surface area (Å²) >= 11 is 0. The molecular weight excluding hydrogens is 769 g/mol. The maximum absolute atomic E-state index is 7.00. The highest BCUT2D eigenvalue weighted by atomic mass is 16.5. The highest BCUT2D eigenvalue weighted by molar-refractivity contribution is 6.09. The van der Waals surface area contributed by atoms with Crippen molar-refractivity contribution >= 4 is 21.8 Å². The first kappa shape index (κ1) is 43.7. The van der Waals surface area contributed by atoms with E-state index in [0.717, 1.165) is 56.2 Å². The lowest BCUT2D eigenvalue weighted by atomic mass is 9.79. The number of hydrogen-bond acceptors (Lipinski definition) is 2. The second-order valence-corrected chi connectivity index (χ2v) is 22.7. The van der Waals surface area contributed by atoms with Gasteiger partial charge in [-0.25, -0.2) is 4.98 Å². The van der Waals surface area contributed by atoms with Crippen LogP contribution in [0.5, 0.6) is 11.5 Å². The number of benzene rings is 5. The van der Waals surface area contributed by atoms with Gasteiger partial charge in [-0.3, -0.25) is 13.7 Å². The van der Waals surface area contributed by atoms with Crippen LogP contribution in [0.3, 0.4) is 0 Å². The normalized spacial score (nSPS) is 13.0. The minimum absolute atomic E-state index is 0.00242. The molecule has 0 fully saturated rings. The van der Waals surface area contributed by atoms with E-state index in [1.54, 1.807) is 0 Å². The standard InChI is InChI=1S/C58H66N4O/c1-54(2,3)40-22-23-59-53(34-40)62-51-19-17-16-18-49(51)50-21-20-47(36-52(50)62)63-48-29-39(38-26-41(55(4,5)6)30-42(27-38)56(7,8)9)28-45(35-48)60-24-25-61(37-60)46-32-43(57(10,11)12)31-44(33-46)58(13,14)15/h16-36H,1-15H3. The fourth-order valence-electron chi connectivity index (χ4n) is 8.23. The summed E-state index contributed by atoms with van der Waals surface area (Å²) in [5, 5.41) is 2.33. The number of nitrogens with zero attached hydrogens (tertiary/aromatic N) is 4. The predicted molar refractivity (Wildman–Crippen MR) is 264 cm³/mol. The van der Waals surface area contributed by atoms with Crippen molar-refractivity contribution in [1.29, 1.82) is 0 Å². The number of pyridine rings is 1. The van der Waals surface area contributed by atoms with Crippen molar-refractivity contribution in [3.05, 3.63) is 162 Å². The van der Waals surface area contributed by atoms with E-state index in [9.17, 15) is 0 Å². The topological polar surface area (TPSA) is 35.9 Å². The molecule has 8 aromatic rings. The zero-order valence-corrected chi connectivity index (χ0v) is 40.3. The third-order valence-electron chi connectivity index (χ3n) is 12.4. The lowest BCUT2D eigenvalue weighted by molar-refractivity contribution is -0.599. The van der Waals surface area contributed by atoms with Crippen molar-refractivity contribution in [3.63, 3.8) is 0 Å². The molecule has 0 N–H and O–H groups in total. The fraction of sp³-hybridized carbons (Fsp3) is 0.345. The van der Waals surface area contributed by atoms with Crippen molar-refractivity contribution in [2.24, 2.45) is 0 Å². The first-order valence-corrected chi connectivity index (χ1v) is 22.5. The van der Waals surface area contributed by atoms with Crippen LogP contribution in [0.1, 0.15) is 132 Å². The summed E-state index contributed by atoms with van der Waals surface area (Å²) in [5.74, 6) is 2.39. The fourth-order valence-corrected chi connectivity index (χ4v) is 8.23. The highest BCUT2D eigenvalue weighted by Crippen LogP contribution is 2.40. The maximum Gasteiger partial charge on any atom is 0.268 e. The van der Waals surface area contributed by atoms with E-state index in [0.29, 0.717) is 0 Å². The number of para-hydroxylation sites is 1. The Morgan fingerprint density at radius 3 is 1.65 bits per heavy atom. The molecule has 0 atom stereocenters. The Morgan fingerprint density at radius 1 is 0.492 bits per heavy atom. The lowest BCUT2D eigenvalue weighted by Crippen LogP contribution is -2.30. The van der Waals surface area contributed by atoms with Gasteiger partial charge in [-0.05, 0) is 127 Å². The molecule has 63 heavy (non-hydrogen) atoms. The first-order valence-electron chi connectivity index (χ1n) is 22.5. The molecule has 8 rings (SSSR count). The molecule has 3 aromatic heterocycles. The zero-order chi connectivity index (χ0) is 45.4. The summed E-state index contributed by atoms with van der Waals surface area (Å²) in [7, 11) is 0. The van der Waals surface area contributed by atoms with Gasteiger partial charge in [0, 0.05) is 35.4 Å². The van der Waals surface area contributed by atoms with Crippen molar-refractivity contribution < 1.29 is 9.30 Å². The van der Waals surface area contributed by atoms with E-state index in [1.165, 1.54) is 33.2 Å². The Balaban J connectivity index is 1.29. The van der Waals surface area contributed by atoms with Crippen LogP contribution in [0.2, 0.25) is 0 Å². The lowest BCUT2D eigenvalue weighted by Gasteiger charge is -2.26. The molecule has 0 aliphatic carbocycles. The van der Waals surface area contributed by atoms with Gasteiger partial charge in [0.1, 0.15) is 17.3 Å². The van der Waals surface area contributed by atoms with Crippen molar-refractivity contribution in [2.75, 3.05) is 0 Å². The molecule has 0 aliphatic heterocycles. The highest BCUT2D eigenvalue weighted by Gasteiger charge is 2.24. The largest absolute Gasteiger partial charge is 0.458 e. The van der Waals surface area contributed by atoms with Gasteiger partial charge in [0.25, 0.3) is 6.33 Å². The summed E-state index contributed by atoms with van der Waals surface area (Å²) in [6, 6.07) is 40.0. The number of hydrogen-bond donors (Lipinski definition) is 0. The molecule has 3 heterocycles. The Bertz CT molecular complexity index is 2930. The van der Waals surface area contributed by atoms with Gasteiger partial charge in [-0.1, -0.05) is 146 Å². The van der Waals surface area contributed by atoms with Crippen LogP contribution in [0, 0.1) is 6.33 Å². The molecule has 0 unspecified atom stereocenters. The minimum atomic E-state index is -0.0324. The average molecular weight is 835 g/mol. The minimum Gasteiger partial charge on any atom is -0.458 e. The summed E-state index contributed by atoms with van der Waals surface area (Å²) in [6.45, 7) is 34.2. The molecule has 5 nitrogen and oxygen atoms in total. The van der Waals surface area contributed by atoms with Crippen LogP contribution in [0.4, 0.5) is 0 Å². The number of rotatable bonds is 6. The Labute approximate surface area is 376 Å². The molecule has 0 saturated heterocycles. The monoisotopic (exact) mass is 835 g/mol. The maximum atomic E-state index is 7.00. The molecule has 0 aliphatic rings. The van der Waals surface area contributed by atoms with E-state index in [-0.39, 0.29) is 27.1 Å². The number of fused-ring (bicyclic) bond motifs is 3. The number of aromatic nitrogens is 4. The molecule has 0 bridgehead atoms. The van der Waals surface area contributed by atoms with Gasteiger partial charge in [-0.15, -0.1) is 0 Å². The van der Waals surface area contributed by atoms with Crippen LogP contribution in [-0.2, 0) is 27.1 Å². The van der Waals surface area contributed by atoms with Crippen LogP contribution >= 0.6 is 0 Å². The van der Waals surface area contributed by atoms with Crippen molar-refractivity contribution in [3.8, 4) is 39.8 Å². The van der Waals surface area contributed by atoms with Crippen LogP contribution in [0.15, 0.2) is 128 Å². The zero-order valence-electron chi connectivity index (χ0n) is 40.3. The summed E-state index contributed by atoms with van der Waals surface area (Å²) in [6.07, 6.45) is 9.82. The van der Waals surface area contributed by atoms with E-state index < -0.39 is 0 Å². The van der Waals surface area contributed by atoms with Gasteiger partial charge in [-0.2, -0.15) is 0 Å². The molecule has 0 saturated carbocycles. The number of ether oxygens (including phenoxy) is 1. The van der Waals surface area contributed by atoms with E-state index in [4.69, 9.17) is 9.72 Å². The van der Waals surface area contributed by atoms with E-state index in [1.807, 2.05) is 6.20 Å². The second kappa shape index (κ2) is 15.4. The first-order chi connectivity index (χ1) is 29.3. The van der Waals surface area contributed by atoms with Gasteiger partial charge in [0.2, 0.25) is 0 Å². The third-order valence-corrected chi connectivity index (χ3v) is 12.4. The quantitative estimate of drug-likeness (QED) is 0.124. The van der Waals surface area contributed by atoms with Gasteiger partial charge in [0.15, 0.2) is 0 Å². The smallest absolute Gasteiger partial charge is 0.268 e. The molecule has 0 amide bonds. The Morgan fingerprint density at radius 2 is 1.05 bits per heavy atom. The number of imidazole rings is 1. The van der Waals surface area contributed by atoms with Crippen molar-refractivity contribution in [2.45, 2.75) is 131 Å². The average Bonchev–Trinajstić information content (AvgIpc) is 3.83. The molecule has 0 spiro atoms. The van der Waals surface area contributed by atoms with Gasteiger partial charge < -0.3 is 4.74 Å². The summed E-state index contributed by atoms with van der Waals surface area (Å²) in [5.41, 5.74) is 12.8. The van der Waals surface area contributed by atoms with Crippen LogP contribution in [0.25, 0.3) is 50.1 Å². The summed E-state index contributed by atoms with van der Waals surface area (Å²) in [4.78, 5) is 4.92. The van der Waals surface area contributed by atoms with Crippen LogP contribution < -0.4 is 9.30 Å². The van der Waals surface area contributed by atoms with Crippen molar-refractivity contribution in [1.82, 2.24) is 14.1 Å². The molecular formula is C58H66N4O. The third kappa shape index (κ3) is 8.98. The van der Waals surface area contributed by atoms with Crippen LogP contribution in [-0.4, -0.2) is 14.1 Å². The SMILES string of the molecule is CC(C)(C)c1cc(-c2cc(Oc3ccc4c5ccccc5n(-c5cc(C(C)(C)C)ccn5)c4c3)cc(-n3[c-][n+](-c4cc(C(C)(C)C)cc(C(C)(C)C)c4)cc3)c2)cc(C(C)(C)C)c1. The van der Waals surface area contributed by atoms with E-state index >= 15 is 0 Å². The van der Waals surface area contributed by atoms with E-state index in [2.05, 4.69) is 245 Å². The van der Waals surface area contributed by atoms with Gasteiger partial charge in [0.05, 0.1) is 22.4 Å². The molecule has 0 radical (unpaired) electrons. The molecule has 5 aromatic carbocycles. The Hall–Kier alpha value is -5.94. The molecule has 5 heteroatoms. The predicted octanol–water partition coefficient (Wildman–Crippen LogP) is 15.0. The summed E-state index contributed by atoms with van der Waals surface area (Å²) < 4.78 is 13.5. The van der Waals surface area contributed by atoms with Gasteiger partial charge >= 0.3 is 0 Å². The second-order valence-electron chi connectivity index (χ2n) is 22.7.